The average molecular weight is 383 g/mol. The van der Waals surface area contributed by atoms with E-state index in [2.05, 4.69) is 46.5 Å². The number of hydrogen-bond acceptors (Lipinski definition) is 3. The number of nitrogens with zero attached hydrogens (tertiary/aromatic N) is 2. The van der Waals surface area contributed by atoms with Gasteiger partial charge in [0.25, 0.3) is 0 Å². The zero-order valence-corrected chi connectivity index (χ0v) is 17.1. The molecule has 1 aromatic carbocycles. The Labute approximate surface area is 166 Å². The lowest BCUT2D eigenvalue weighted by Gasteiger charge is -2.40. The third kappa shape index (κ3) is 3.01. The molecule has 4 rings (SSSR count). The quantitative estimate of drug-likeness (QED) is 0.761. The predicted octanol–water partition coefficient (Wildman–Crippen LogP) is 2.89. The van der Waals surface area contributed by atoms with Gasteiger partial charge in [0.2, 0.25) is 0 Å². The Morgan fingerprint density at radius 2 is 2.14 bits per heavy atom. The second-order valence-electron chi connectivity index (χ2n) is 7.93. The molecule has 2 amide bonds. The Bertz CT molecular complexity index is 926. The number of carbonyl (C=O) groups is 1. The molecule has 1 aliphatic heterocycles. The van der Waals surface area contributed by atoms with Crippen molar-refractivity contribution in [3.05, 3.63) is 41.1 Å². The molecule has 1 aliphatic carbocycles. The number of aliphatic hydroxyl groups is 1. The maximum Gasteiger partial charge on any atom is 0.317 e. The number of H-pyrrole nitrogens is 1. The van der Waals surface area contributed by atoms with Gasteiger partial charge in [0.05, 0.1) is 12.1 Å². The summed E-state index contributed by atoms with van der Waals surface area (Å²) < 4.78 is 0. The van der Waals surface area contributed by atoms with Crippen LogP contribution in [-0.4, -0.2) is 64.7 Å². The fourth-order valence-corrected chi connectivity index (χ4v) is 4.78. The topological polar surface area (TPSA) is 71.6 Å². The van der Waals surface area contributed by atoms with E-state index < -0.39 is 6.10 Å². The molecule has 2 heterocycles. The van der Waals surface area contributed by atoms with Gasteiger partial charge in [0.1, 0.15) is 0 Å². The minimum absolute atomic E-state index is 0.00792. The molecule has 0 spiro atoms. The van der Waals surface area contributed by atoms with E-state index in [-0.39, 0.29) is 18.1 Å². The second kappa shape index (κ2) is 7.26. The molecule has 3 N–H and O–H groups in total. The summed E-state index contributed by atoms with van der Waals surface area (Å²) in [7, 11) is 2.12. The smallest absolute Gasteiger partial charge is 0.317 e. The van der Waals surface area contributed by atoms with Gasteiger partial charge >= 0.3 is 6.03 Å². The van der Waals surface area contributed by atoms with Gasteiger partial charge in [-0.15, -0.1) is 0 Å². The molecule has 1 unspecified atom stereocenters. The van der Waals surface area contributed by atoms with Crippen LogP contribution in [0, 0.1) is 0 Å². The molecule has 0 fully saturated rings. The summed E-state index contributed by atoms with van der Waals surface area (Å²) in [5, 5.41) is 14.6. The summed E-state index contributed by atoms with van der Waals surface area (Å²) in [6.07, 6.45) is 2.59. The van der Waals surface area contributed by atoms with Crippen LogP contribution in [0.1, 0.15) is 43.7 Å². The van der Waals surface area contributed by atoms with Gasteiger partial charge in [0, 0.05) is 42.3 Å². The number of benzene rings is 1. The summed E-state index contributed by atoms with van der Waals surface area (Å²) in [4.78, 5) is 20.1. The number of hydrogen-bond donors (Lipinski definition) is 3. The van der Waals surface area contributed by atoms with Gasteiger partial charge in [-0.2, -0.15) is 0 Å². The predicted molar refractivity (Wildman–Crippen MR) is 112 cm³/mol. The molecule has 0 radical (unpaired) electrons. The Morgan fingerprint density at radius 3 is 2.82 bits per heavy atom. The lowest BCUT2D eigenvalue weighted by molar-refractivity contribution is 0.189. The molecule has 2 aromatic rings. The van der Waals surface area contributed by atoms with E-state index in [1.807, 2.05) is 25.7 Å². The van der Waals surface area contributed by atoms with Gasteiger partial charge in [-0.3, -0.25) is 4.90 Å². The minimum Gasteiger partial charge on any atom is -0.387 e. The van der Waals surface area contributed by atoms with E-state index in [1.165, 1.54) is 22.1 Å². The van der Waals surface area contributed by atoms with Crippen LogP contribution in [0.2, 0.25) is 0 Å². The van der Waals surface area contributed by atoms with Crippen LogP contribution in [0.5, 0.6) is 0 Å². The molecule has 0 saturated heterocycles. The molecular formula is C22H30N4O2. The fourth-order valence-electron chi connectivity index (χ4n) is 4.78. The fraction of sp³-hybridized carbons (Fsp3) is 0.500. The summed E-state index contributed by atoms with van der Waals surface area (Å²) in [5.74, 6) is 0. The van der Waals surface area contributed by atoms with Gasteiger partial charge in [-0.1, -0.05) is 18.2 Å². The third-order valence-corrected chi connectivity index (χ3v) is 6.20. The third-order valence-electron chi connectivity index (χ3n) is 6.20. The number of aromatic amines is 1. The van der Waals surface area contributed by atoms with Crippen LogP contribution >= 0.6 is 0 Å². The van der Waals surface area contributed by atoms with Crippen molar-refractivity contribution in [1.82, 2.24) is 20.1 Å². The number of nitrogens with one attached hydrogen (secondary N) is 2. The number of aliphatic hydroxyl groups excluding tert-OH is 1. The molecule has 2 aliphatic rings. The number of rotatable bonds is 4. The monoisotopic (exact) mass is 382 g/mol. The highest BCUT2D eigenvalue weighted by atomic mass is 16.3. The lowest BCUT2D eigenvalue weighted by atomic mass is 9.80. The average Bonchev–Trinajstić information content (AvgIpc) is 3.04. The summed E-state index contributed by atoms with van der Waals surface area (Å²) in [5.41, 5.74) is 5.69. The first kappa shape index (κ1) is 19.0. The normalized spacial score (nSPS) is 22.5. The van der Waals surface area contributed by atoms with Crippen LogP contribution in [0.15, 0.2) is 24.3 Å². The summed E-state index contributed by atoms with van der Waals surface area (Å²) >= 11 is 0. The number of urea groups is 1. The highest BCUT2D eigenvalue weighted by Crippen LogP contribution is 2.42. The van der Waals surface area contributed by atoms with Crippen molar-refractivity contribution < 1.29 is 9.90 Å². The first-order chi connectivity index (χ1) is 13.4. The SMILES string of the molecule is CCN(CC)C(=O)N[C@H]1C=C2c3cccc4[nH]c(C(C)O)c(c34)C[C@H]2N(C)C1. The van der Waals surface area contributed by atoms with Gasteiger partial charge in [-0.05, 0) is 57.0 Å². The molecule has 6 heteroatoms. The van der Waals surface area contributed by atoms with Crippen molar-refractivity contribution in [3.63, 3.8) is 0 Å². The van der Waals surface area contributed by atoms with Crippen molar-refractivity contribution in [2.24, 2.45) is 0 Å². The summed E-state index contributed by atoms with van der Waals surface area (Å²) in [6, 6.07) is 6.52. The maximum atomic E-state index is 12.5. The van der Waals surface area contributed by atoms with E-state index in [0.717, 1.165) is 24.2 Å². The molecular weight excluding hydrogens is 352 g/mol. The van der Waals surface area contributed by atoms with Crippen LogP contribution in [0.4, 0.5) is 4.79 Å². The molecule has 150 valence electrons. The molecule has 1 aromatic heterocycles. The molecule has 3 atom stereocenters. The van der Waals surface area contributed by atoms with Crippen LogP contribution in [0.3, 0.4) is 0 Å². The van der Waals surface area contributed by atoms with Crippen LogP contribution in [0.25, 0.3) is 16.5 Å². The van der Waals surface area contributed by atoms with Crippen molar-refractivity contribution in [3.8, 4) is 0 Å². The van der Waals surface area contributed by atoms with E-state index in [9.17, 15) is 9.90 Å². The first-order valence-corrected chi connectivity index (χ1v) is 10.2. The number of aromatic nitrogens is 1. The van der Waals surface area contributed by atoms with E-state index >= 15 is 0 Å². The second-order valence-corrected chi connectivity index (χ2v) is 7.93. The van der Waals surface area contributed by atoms with Crippen molar-refractivity contribution in [1.29, 1.82) is 0 Å². The Balaban J connectivity index is 1.74. The van der Waals surface area contributed by atoms with Crippen LogP contribution < -0.4 is 5.32 Å². The largest absolute Gasteiger partial charge is 0.387 e. The zero-order chi connectivity index (χ0) is 20.0. The lowest BCUT2D eigenvalue weighted by Crippen LogP contribution is -2.52. The minimum atomic E-state index is -0.518. The Hall–Kier alpha value is -2.31. The number of amides is 2. The van der Waals surface area contributed by atoms with E-state index in [1.54, 1.807) is 0 Å². The number of fused-ring (bicyclic) bond motifs is 2. The first-order valence-electron chi connectivity index (χ1n) is 10.2. The van der Waals surface area contributed by atoms with E-state index in [0.29, 0.717) is 13.1 Å². The molecule has 0 bridgehead atoms. The van der Waals surface area contributed by atoms with Crippen molar-refractivity contribution in [2.45, 2.75) is 45.4 Å². The van der Waals surface area contributed by atoms with Crippen molar-refractivity contribution >= 4 is 22.5 Å². The maximum absolute atomic E-state index is 12.5. The molecule has 0 saturated carbocycles. The van der Waals surface area contributed by atoms with Gasteiger partial charge < -0.3 is 20.3 Å². The van der Waals surface area contributed by atoms with Crippen molar-refractivity contribution in [2.75, 3.05) is 26.7 Å². The van der Waals surface area contributed by atoms with Gasteiger partial charge in [0.15, 0.2) is 0 Å². The highest BCUT2D eigenvalue weighted by molar-refractivity contribution is 5.99. The molecule has 6 nitrogen and oxygen atoms in total. The number of likely N-dealkylation sites (N-methyl/N-ethyl adjacent to an activating group) is 1. The molecule has 28 heavy (non-hydrogen) atoms. The standard InChI is InChI=1S/C22H30N4O2/c1-5-26(6-2)22(28)23-14-10-16-15-8-7-9-18-20(15)17(21(24-18)13(3)27)11-19(16)25(4)12-14/h7-10,13-14,19,24,27H,5-6,11-12H2,1-4H3,(H,23,28)/t13?,14-,19+/m0/s1. The number of carbonyl (C=O) groups excluding carboxylic acids is 1. The van der Waals surface area contributed by atoms with E-state index in [4.69, 9.17) is 0 Å². The van der Waals surface area contributed by atoms with Crippen LogP contribution in [-0.2, 0) is 6.42 Å². The highest BCUT2D eigenvalue weighted by Gasteiger charge is 2.36. The Morgan fingerprint density at radius 1 is 1.39 bits per heavy atom. The summed E-state index contributed by atoms with van der Waals surface area (Å²) in [6.45, 7) is 8.01. The zero-order valence-electron chi connectivity index (χ0n) is 17.1. The van der Waals surface area contributed by atoms with Gasteiger partial charge in [-0.25, -0.2) is 4.79 Å². The Kier molecular flexibility index (Phi) is 4.93.